The van der Waals surface area contributed by atoms with Crippen LogP contribution in [-0.2, 0) is 27.1 Å². The largest absolute Gasteiger partial charge is 0.462 e. The Hall–Kier alpha value is -4.34. The molecule has 1 aliphatic heterocycles. The number of carbonyl (C=O) groups excluding carboxylic acids is 2. The molecule has 0 spiro atoms. The molecule has 0 radical (unpaired) electrons. The summed E-state index contributed by atoms with van der Waals surface area (Å²) in [5, 5.41) is 0. The summed E-state index contributed by atoms with van der Waals surface area (Å²) in [4.78, 5) is 34.8. The molecule has 0 atom stereocenters. The molecule has 0 saturated carbocycles. The number of hydrogen-bond acceptors (Lipinski definition) is 7. The summed E-state index contributed by atoms with van der Waals surface area (Å²) in [6, 6.07) is 17.3. The minimum absolute atomic E-state index is 0.0542. The number of hydrogen-bond donors (Lipinski definition) is 1. The number of morpholine rings is 1. The third-order valence-corrected chi connectivity index (χ3v) is 7.03. The molecule has 0 aliphatic carbocycles. The summed E-state index contributed by atoms with van der Waals surface area (Å²) in [7, 11) is 0. The molecule has 8 nitrogen and oxygen atoms in total. The first-order valence-electron chi connectivity index (χ1n) is 14.1. The maximum atomic E-state index is 14.0. The maximum absolute atomic E-state index is 14.0. The predicted octanol–water partition coefficient (Wildman–Crippen LogP) is 5.55. The Bertz CT molecular complexity index is 1510. The number of rotatable bonds is 12. The number of H-pyrrole nitrogens is 1. The fourth-order valence-electron chi connectivity index (χ4n) is 4.80. The number of aromatic nitrogens is 2. The lowest BCUT2D eigenvalue weighted by Gasteiger charge is -2.26. The first-order chi connectivity index (χ1) is 20.4. The van der Waals surface area contributed by atoms with E-state index in [-0.39, 0.29) is 30.4 Å². The Morgan fingerprint density at radius 3 is 2.62 bits per heavy atom. The van der Waals surface area contributed by atoms with Crippen LogP contribution in [0, 0.1) is 12.7 Å². The lowest BCUT2D eigenvalue weighted by atomic mass is 10.0. The molecule has 1 aliphatic rings. The third-order valence-electron chi connectivity index (χ3n) is 7.03. The minimum Gasteiger partial charge on any atom is -0.462 e. The molecule has 4 aromatic rings. The van der Waals surface area contributed by atoms with Crippen LogP contribution in [0.3, 0.4) is 0 Å². The number of Topliss-reactive ketones (excluding diaryl/α,β-unsaturated/α-hetero) is 1. The fraction of sp³-hybridized carbons (Fsp3) is 0.303. The Morgan fingerprint density at radius 1 is 1.00 bits per heavy atom. The molecule has 0 unspecified atom stereocenters. The van der Waals surface area contributed by atoms with E-state index in [0.717, 1.165) is 50.4 Å². The van der Waals surface area contributed by atoms with Crippen molar-refractivity contribution in [2.75, 3.05) is 39.5 Å². The van der Waals surface area contributed by atoms with Crippen molar-refractivity contribution in [1.29, 1.82) is 0 Å². The molecule has 0 amide bonds. The Labute approximate surface area is 244 Å². The highest BCUT2D eigenvalue weighted by Gasteiger charge is 2.14. The van der Waals surface area contributed by atoms with Crippen LogP contribution in [0.15, 0.2) is 73.1 Å². The highest BCUT2D eigenvalue weighted by Crippen LogP contribution is 2.26. The first-order valence-corrected chi connectivity index (χ1v) is 14.1. The number of benzene rings is 2. The molecule has 1 fully saturated rings. The number of nitrogens with one attached hydrogen (secondary N) is 1. The standard InChI is InChI=1S/C33H34FN3O5/c1-23-3-8-30(34)25(17-23)19-27(38)18-24-4-6-28(7-5-24)42-29-9-10-35-32(21-29)31-20-26(22-36-31)33(39)41-14-2-11-37-12-15-40-16-13-37/h3-10,17,20-22,36H,2,11-16,18-19H2,1H3. The van der Waals surface area contributed by atoms with Gasteiger partial charge in [-0.25, -0.2) is 9.18 Å². The summed E-state index contributed by atoms with van der Waals surface area (Å²) < 4.78 is 30.8. The molecule has 3 heterocycles. The van der Waals surface area contributed by atoms with Gasteiger partial charge < -0.3 is 19.2 Å². The van der Waals surface area contributed by atoms with Crippen LogP contribution in [0.1, 0.15) is 33.5 Å². The van der Waals surface area contributed by atoms with Crippen LogP contribution >= 0.6 is 0 Å². The Morgan fingerprint density at radius 2 is 1.81 bits per heavy atom. The number of aromatic amines is 1. The lowest BCUT2D eigenvalue weighted by molar-refractivity contribution is -0.117. The van der Waals surface area contributed by atoms with Crippen LogP contribution in [0.5, 0.6) is 11.5 Å². The summed E-state index contributed by atoms with van der Waals surface area (Å²) >= 11 is 0. The van der Waals surface area contributed by atoms with Gasteiger partial charge in [0.25, 0.3) is 0 Å². The van der Waals surface area contributed by atoms with E-state index in [4.69, 9.17) is 14.2 Å². The number of carbonyl (C=O) groups is 2. The van der Waals surface area contributed by atoms with Crippen molar-refractivity contribution in [2.45, 2.75) is 26.2 Å². The van der Waals surface area contributed by atoms with Crippen LogP contribution in [0.2, 0.25) is 0 Å². The predicted molar refractivity (Wildman–Crippen MR) is 156 cm³/mol. The van der Waals surface area contributed by atoms with Crippen molar-refractivity contribution in [3.63, 3.8) is 0 Å². The molecule has 5 rings (SSSR count). The van der Waals surface area contributed by atoms with Crippen LogP contribution in [0.25, 0.3) is 11.4 Å². The summed E-state index contributed by atoms with van der Waals surface area (Å²) in [6.07, 6.45) is 4.28. The van der Waals surface area contributed by atoms with Crippen LogP contribution in [0.4, 0.5) is 4.39 Å². The molecular weight excluding hydrogens is 537 g/mol. The summed E-state index contributed by atoms with van der Waals surface area (Å²) in [6.45, 7) is 6.43. The van der Waals surface area contributed by atoms with Gasteiger partial charge in [0.2, 0.25) is 0 Å². The zero-order valence-corrected chi connectivity index (χ0v) is 23.6. The third kappa shape index (κ3) is 8.11. The van der Waals surface area contributed by atoms with Crippen molar-refractivity contribution >= 4 is 11.8 Å². The second-order valence-electron chi connectivity index (χ2n) is 10.4. The van der Waals surface area contributed by atoms with Gasteiger partial charge in [-0.15, -0.1) is 0 Å². The molecule has 218 valence electrons. The van der Waals surface area contributed by atoms with E-state index in [1.54, 1.807) is 54.9 Å². The second-order valence-corrected chi connectivity index (χ2v) is 10.4. The van der Waals surface area contributed by atoms with Crippen molar-refractivity contribution < 1.29 is 28.2 Å². The quantitative estimate of drug-likeness (QED) is 0.176. The van der Waals surface area contributed by atoms with E-state index in [0.29, 0.717) is 40.6 Å². The van der Waals surface area contributed by atoms with Crippen molar-refractivity contribution in [3.05, 3.63) is 101 Å². The SMILES string of the molecule is Cc1ccc(F)c(CC(=O)Cc2ccc(Oc3ccnc(-c4cc(C(=O)OCCCN5CCOCC5)c[nH]4)c3)cc2)c1. The Balaban J connectivity index is 1.12. The monoisotopic (exact) mass is 571 g/mol. The number of aryl methyl sites for hydroxylation is 1. The summed E-state index contributed by atoms with van der Waals surface area (Å²) in [5.74, 6) is 0.366. The normalized spacial score (nSPS) is 13.6. The van der Waals surface area contributed by atoms with Gasteiger partial charge in [-0.05, 0) is 54.8 Å². The van der Waals surface area contributed by atoms with Crippen LogP contribution < -0.4 is 4.74 Å². The average molecular weight is 572 g/mol. The average Bonchev–Trinajstić information content (AvgIpc) is 3.50. The zero-order chi connectivity index (χ0) is 29.3. The van der Waals surface area contributed by atoms with E-state index in [1.807, 2.05) is 19.1 Å². The number of ketones is 1. The minimum atomic E-state index is -0.380. The van der Waals surface area contributed by atoms with E-state index in [9.17, 15) is 14.0 Å². The van der Waals surface area contributed by atoms with Gasteiger partial charge >= 0.3 is 5.97 Å². The first kappa shape index (κ1) is 29.2. The zero-order valence-electron chi connectivity index (χ0n) is 23.6. The van der Waals surface area contributed by atoms with E-state index < -0.39 is 0 Å². The van der Waals surface area contributed by atoms with Crippen molar-refractivity contribution in [1.82, 2.24) is 14.9 Å². The van der Waals surface area contributed by atoms with Gasteiger partial charge in [0, 0.05) is 50.9 Å². The number of halogens is 1. The van der Waals surface area contributed by atoms with Gasteiger partial charge in [0.05, 0.1) is 36.8 Å². The molecule has 2 aromatic heterocycles. The van der Waals surface area contributed by atoms with E-state index >= 15 is 0 Å². The van der Waals surface area contributed by atoms with E-state index in [1.165, 1.54) is 6.07 Å². The molecule has 9 heteroatoms. The van der Waals surface area contributed by atoms with Gasteiger partial charge in [-0.2, -0.15) is 0 Å². The number of pyridine rings is 1. The molecular formula is C33H34FN3O5. The molecule has 2 aromatic carbocycles. The van der Waals surface area contributed by atoms with Gasteiger partial charge in [-0.3, -0.25) is 14.7 Å². The molecule has 1 N–H and O–H groups in total. The van der Waals surface area contributed by atoms with Crippen molar-refractivity contribution in [2.24, 2.45) is 0 Å². The van der Waals surface area contributed by atoms with Gasteiger partial charge in [-0.1, -0.05) is 29.8 Å². The molecule has 1 saturated heterocycles. The lowest BCUT2D eigenvalue weighted by Crippen LogP contribution is -2.37. The van der Waals surface area contributed by atoms with Gasteiger partial charge in [0.15, 0.2) is 0 Å². The summed E-state index contributed by atoms with van der Waals surface area (Å²) in [5.41, 5.74) is 3.87. The topological polar surface area (TPSA) is 93.8 Å². The Kier molecular flexibility index (Phi) is 9.74. The highest BCUT2D eigenvalue weighted by molar-refractivity contribution is 5.90. The van der Waals surface area contributed by atoms with Crippen LogP contribution in [-0.4, -0.2) is 66.1 Å². The van der Waals surface area contributed by atoms with Gasteiger partial charge in [0.1, 0.15) is 23.1 Å². The maximum Gasteiger partial charge on any atom is 0.339 e. The van der Waals surface area contributed by atoms with E-state index in [2.05, 4.69) is 14.9 Å². The fourth-order valence-corrected chi connectivity index (χ4v) is 4.80. The number of esters is 1. The molecule has 42 heavy (non-hydrogen) atoms. The number of ether oxygens (including phenoxy) is 3. The second kappa shape index (κ2) is 14.0. The number of nitrogens with zero attached hydrogens (tertiary/aromatic N) is 2. The smallest absolute Gasteiger partial charge is 0.339 e. The highest BCUT2D eigenvalue weighted by atomic mass is 19.1. The molecule has 0 bridgehead atoms. The van der Waals surface area contributed by atoms with Crippen molar-refractivity contribution in [3.8, 4) is 22.9 Å².